The molecule has 0 unspecified atom stereocenters. The van der Waals surface area contributed by atoms with E-state index in [0.29, 0.717) is 0 Å². The zero-order valence-electron chi connectivity index (χ0n) is 11.8. The minimum Gasteiger partial charge on any atom is -0.257 e. The second-order valence-electron chi connectivity index (χ2n) is 5.79. The molecule has 1 aromatic heterocycles. The molecule has 0 aliphatic heterocycles. The molecule has 1 aliphatic carbocycles. The maximum absolute atomic E-state index is 4.35. The number of aromatic nitrogens is 2. The van der Waals surface area contributed by atoms with Gasteiger partial charge in [-0.2, -0.15) is 0 Å². The van der Waals surface area contributed by atoms with Gasteiger partial charge in [-0.25, -0.2) is 4.98 Å². The molecule has 106 valence electrons. The lowest BCUT2D eigenvalue weighted by Crippen LogP contribution is -1.92. The van der Waals surface area contributed by atoms with E-state index in [1.807, 2.05) is 6.20 Å². The van der Waals surface area contributed by atoms with Crippen LogP contribution in [-0.4, -0.2) is 9.97 Å². The van der Waals surface area contributed by atoms with Crippen LogP contribution in [0.15, 0.2) is 17.0 Å². The Bertz CT molecular complexity index is 346. The van der Waals surface area contributed by atoms with Gasteiger partial charge in [0, 0.05) is 6.20 Å². The fourth-order valence-electron chi connectivity index (χ4n) is 2.50. The summed E-state index contributed by atoms with van der Waals surface area (Å²) in [4.78, 5) is 8.55. The zero-order valence-corrected chi connectivity index (χ0v) is 13.4. The van der Waals surface area contributed by atoms with Crippen LogP contribution in [0.2, 0.25) is 0 Å². The van der Waals surface area contributed by atoms with Crippen LogP contribution in [0, 0.1) is 5.92 Å². The smallest absolute Gasteiger partial charge is 0.124 e. The molecule has 0 bridgehead atoms. The fraction of sp³-hybridized carbons (Fsp3) is 0.750. The van der Waals surface area contributed by atoms with E-state index in [-0.39, 0.29) is 0 Å². The van der Waals surface area contributed by atoms with Gasteiger partial charge in [-0.1, -0.05) is 57.8 Å². The lowest BCUT2D eigenvalue weighted by atomic mass is 10.1. The standard InChI is InChI=1S/C16H25BrN2/c17-16-13-18-15(12-19-16)9-7-5-3-1-2-4-6-8-14-10-11-14/h12-14H,1-11H2. The topological polar surface area (TPSA) is 25.8 Å². The van der Waals surface area contributed by atoms with Crippen molar-refractivity contribution in [1.82, 2.24) is 9.97 Å². The van der Waals surface area contributed by atoms with E-state index in [9.17, 15) is 0 Å². The highest BCUT2D eigenvalue weighted by atomic mass is 79.9. The van der Waals surface area contributed by atoms with E-state index >= 15 is 0 Å². The van der Waals surface area contributed by atoms with E-state index in [2.05, 4.69) is 25.9 Å². The Morgan fingerprint density at radius 1 is 0.895 bits per heavy atom. The van der Waals surface area contributed by atoms with Gasteiger partial charge >= 0.3 is 0 Å². The van der Waals surface area contributed by atoms with Crippen molar-refractivity contribution < 1.29 is 0 Å². The van der Waals surface area contributed by atoms with E-state index in [1.54, 1.807) is 6.20 Å². The highest BCUT2D eigenvalue weighted by Gasteiger charge is 2.19. The van der Waals surface area contributed by atoms with Crippen LogP contribution in [0.25, 0.3) is 0 Å². The summed E-state index contributed by atoms with van der Waals surface area (Å²) in [5.74, 6) is 1.12. The Morgan fingerprint density at radius 2 is 1.58 bits per heavy atom. The summed E-state index contributed by atoms with van der Waals surface area (Å²) in [5, 5.41) is 0. The van der Waals surface area contributed by atoms with Crippen molar-refractivity contribution in [3.05, 3.63) is 22.7 Å². The molecule has 2 nitrogen and oxygen atoms in total. The van der Waals surface area contributed by atoms with Crippen LogP contribution in [0.4, 0.5) is 0 Å². The van der Waals surface area contributed by atoms with Gasteiger partial charge in [0.15, 0.2) is 0 Å². The van der Waals surface area contributed by atoms with Crippen LogP contribution in [0.5, 0.6) is 0 Å². The van der Waals surface area contributed by atoms with Crippen molar-refractivity contribution >= 4 is 15.9 Å². The Hall–Kier alpha value is -0.440. The van der Waals surface area contributed by atoms with Gasteiger partial charge in [-0.05, 0) is 34.7 Å². The van der Waals surface area contributed by atoms with Crippen molar-refractivity contribution in [1.29, 1.82) is 0 Å². The molecule has 2 rings (SSSR count). The Labute approximate surface area is 125 Å². The summed E-state index contributed by atoms with van der Waals surface area (Å²) in [6, 6.07) is 0. The molecule has 0 N–H and O–H groups in total. The lowest BCUT2D eigenvalue weighted by Gasteiger charge is -2.02. The molecule has 3 heteroatoms. The fourth-order valence-corrected chi connectivity index (χ4v) is 2.70. The predicted octanol–water partition coefficient (Wildman–Crippen LogP) is 5.31. The zero-order chi connectivity index (χ0) is 13.3. The normalized spacial score (nSPS) is 14.8. The van der Waals surface area contributed by atoms with Crippen molar-refractivity contribution in [2.75, 3.05) is 0 Å². The van der Waals surface area contributed by atoms with Crippen LogP contribution in [0.3, 0.4) is 0 Å². The summed E-state index contributed by atoms with van der Waals surface area (Å²) in [5.41, 5.74) is 1.12. The quantitative estimate of drug-likeness (QED) is 0.545. The molecule has 1 fully saturated rings. The van der Waals surface area contributed by atoms with Gasteiger partial charge in [0.1, 0.15) is 4.60 Å². The maximum atomic E-state index is 4.35. The van der Waals surface area contributed by atoms with Crippen LogP contribution >= 0.6 is 15.9 Å². The van der Waals surface area contributed by atoms with Crippen LogP contribution < -0.4 is 0 Å². The molecule has 0 aromatic carbocycles. The Morgan fingerprint density at radius 3 is 2.21 bits per heavy atom. The number of halogens is 1. The van der Waals surface area contributed by atoms with Gasteiger partial charge in [-0.3, -0.25) is 4.98 Å². The SMILES string of the molecule is Brc1cnc(CCCCCCCCCC2CC2)cn1. The van der Waals surface area contributed by atoms with E-state index in [4.69, 9.17) is 0 Å². The molecular weight excluding hydrogens is 300 g/mol. The van der Waals surface area contributed by atoms with Gasteiger partial charge in [0.2, 0.25) is 0 Å². The number of hydrogen-bond acceptors (Lipinski definition) is 2. The second kappa shape index (κ2) is 8.68. The molecule has 0 spiro atoms. The van der Waals surface area contributed by atoms with Crippen molar-refractivity contribution in [3.63, 3.8) is 0 Å². The third-order valence-corrected chi connectivity index (χ3v) is 4.33. The first-order valence-corrected chi connectivity index (χ1v) is 8.60. The molecular formula is C16H25BrN2. The number of unbranched alkanes of at least 4 members (excludes halogenated alkanes) is 6. The monoisotopic (exact) mass is 324 g/mol. The van der Waals surface area contributed by atoms with Gasteiger partial charge in [-0.15, -0.1) is 0 Å². The number of nitrogens with zero attached hydrogens (tertiary/aromatic N) is 2. The molecule has 1 aliphatic rings. The molecule has 1 aromatic rings. The predicted molar refractivity (Wildman–Crippen MR) is 83.1 cm³/mol. The summed E-state index contributed by atoms with van der Waals surface area (Å²) in [6.07, 6.45) is 19.0. The summed E-state index contributed by atoms with van der Waals surface area (Å²) >= 11 is 3.31. The average molecular weight is 325 g/mol. The van der Waals surface area contributed by atoms with Crippen molar-refractivity contribution in [2.45, 2.75) is 70.6 Å². The molecule has 19 heavy (non-hydrogen) atoms. The Kier molecular flexibility index (Phi) is 6.83. The minimum atomic E-state index is 0.822. The maximum Gasteiger partial charge on any atom is 0.124 e. The number of rotatable bonds is 10. The first-order chi connectivity index (χ1) is 9.34. The highest BCUT2D eigenvalue weighted by molar-refractivity contribution is 9.10. The largest absolute Gasteiger partial charge is 0.257 e. The number of hydrogen-bond donors (Lipinski definition) is 0. The van der Waals surface area contributed by atoms with E-state index in [0.717, 1.165) is 22.6 Å². The van der Waals surface area contributed by atoms with Gasteiger partial charge < -0.3 is 0 Å². The minimum absolute atomic E-state index is 0.822. The average Bonchev–Trinajstić information content (AvgIpc) is 3.23. The van der Waals surface area contributed by atoms with Crippen LogP contribution in [0.1, 0.15) is 69.9 Å². The molecule has 0 saturated heterocycles. The van der Waals surface area contributed by atoms with Crippen molar-refractivity contribution in [3.8, 4) is 0 Å². The summed E-state index contributed by atoms with van der Waals surface area (Å²) < 4.78 is 0.822. The van der Waals surface area contributed by atoms with Gasteiger partial charge in [0.25, 0.3) is 0 Å². The second-order valence-corrected chi connectivity index (χ2v) is 6.60. The Balaban J connectivity index is 1.38. The highest BCUT2D eigenvalue weighted by Crippen LogP contribution is 2.34. The molecule has 0 amide bonds. The molecule has 0 atom stereocenters. The van der Waals surface area contributed by atoms with Crippen molar-refractivity contribution in [2.24, 2.45) is 5.92 Å². The lowest BCUT2D eigenvalue weighted by molar-refractivity contribution is 0.552. The molecule has 1 saturated carbocycles. The third kappa shape index (κ3) is 7.05. The molecule has 0 radical (unpaired) electrons. The first kappa shape index (κ1) is 15.0. The molecule has 1 heterocycles. The third-order valence-electron chi connectivity index (χ3n) is 3.92. The van der Waals surface area contributed by atoms with Gasteiger partial charge in [0.05, 0.1) is 11.9 Å². The van der Waals surface area contributed by atoms with E-state index < -0.39 is 0 Å². The van der Waals surface area contributed by atoms with E-state index in [1.165, 1.54) is 64.2 Å². The number of aryl methyl sites for hydroxylation is 1. The van der Waals surface area contributed by atoms with Crippen LogP contribution in [-0.2, 0) is 6.42 Å². The first-order valence-electron chi connectivity index (χ1n) is 7.81. The summed E-state index contributed by atoms with van der Waals surface area (Å²) in [6.45, 7) is 0. The summed E-state index contributed by atoms with van der Waals surface area (Å²) in [7, 11) is 0.